The van der Waals surface area contributed by atoms with E-state index in [-0.39, 0.29) is 6.10 Å². The Bertz CT molecular complexity index is 208. The summed E-state index contributed by atoms with van der Waals surface area (Å²) in [4.78, 5) is 0. The number of fused-ring (bicyclic) bond motifs is 1. The predicted molar refractivity (Wildman–Crippen MR) is 40.5 cm³/mol. The molecule has 3 heteroatoms. The van der Waals surface area contributed by atoms with Crippen LogP contribution in [-0.4, -0.2) is 12.7 Å². The zero-order chi connectivity index (χ0) is 6.97. The molecular weight excluding hydrogens is 196 g/mol. The standard InChI is InChI=1S/C7H7BrO2/c8-5-1-3-9-6-2-4-10-7(5)6/h1,3,6H,2,4H2. The summed E-state index contributed by atoms with van der Waals surface area (Å²) in [6, 6.07) is 0. The fourth-order valence-corrected chi connectivity index (χ4v) is 1.61. The van der Waals surface area contributed by atoms with Crippen molar-refractivity contribution < 1.29 is 9.47 Å². The van der Waals surface area contributed by atoms with Crippen molar-refractivity contribution in [2.75, 3.05) is 6.61 Å². The number of hydrogen-bond acceptors (Lipinski definition) is 2. The van der Waals surface area contributed by atoms with Gasteiger partial charge in [0.15, 0.2) is 11.9 Å². The van der Waals surface area contributed by atoms with E-state index in [1.54, 1.807) is 6.26 Å². The van der Waals surface area contributed by atoms with E-state index in [0.29, 0.717) is 0 Å². The first-order valence-corrected chi connectivity index (χ1v) is 4.02. The molecule has 2 heterocycles. The van der Waals surface area contributed by atoms with Gasteiger partial charge in [-0.2, -0.15) is 0 Å². The number of halogens is 1. The van der Waals surface area contributed by atoms with Gasteiger partial charge in [-0.3, -0.25) is 0 Å². The summed E-state index contributed by atoms with van der Waals surface area (Å²) in [6.07, 6.45) is 4.69. The maximum atomic E-state index is 5.33. The average molecular weight is 203 g/mol. The highest BCUT2D eigenvalue weighted by molar-refractivity contribution is 9.11. The predicted octanol–water partition coefficient (Wildman–Crippen LogP) is 1.93. The molecule has 2 rings (SSSR count). The highest BCUT2D eigenvalue weighted by atomic mass is 79.9. The van der Waals surface area contributed by atoms with Crippen LogP contribution < -0.4 is 0 Å². The molecule has 1 unspecified atom stereocenters. The molecule has 1 atom stereocenters. The summed E-state index contributed by atoms with van der Waals surface area (Å²) < 4.78 is 11.6. The molecule has 2 nitrogen and oxygen atoms in total. The van der Waals surface area contributed by atoms with E-state index in [1.807, 2.05) is 6.08 Å². The number of rotatable bonds is 0. The maximum Gasteiger partial charge on any atom is 0.159 e. The SMILES string of the molecule is BrC1=C2OCCC2OC=C1. The Morgan fingerprint density at radius 1 is 1.60 bits per heavy atom. The highest BCUT2D eigenvalue weighted by Crippen LogP contribution is 2.30. The average Bonchev–Trinajstić information content (AvgIpc) is 2.36. The Balaban J connectivity index is 2.32. The van der Waals surface area contributed by atoms with Crippen LogP contribution in [0.5, 0.6) is 0 Å². The van der Waals surface area contributed by atoms with Gasteiger partial charge in [0, 0.05) is 6.42 Å². The third-order valence-corrected chi connectivity index (χ3v) is 2.28. The van der Waals surface area contributed by atoms with Crippen molar-refractivity contribution in [2.24, 2.45) is 0 Å². The summed E-state index contributed by atoms with van der Waals surface area (Å²) in [5, 5.41) is 0. The van der Waals surface area contributed by atoms with Gasteiger partial charge in [-0.25, -0.2) is 0 Å². The molecule has 0 aromatic rings. The molecule has 0 bridgehead atoms. The molecule has 0 N–H and O–H groups in total. The normalized spacial score (nSPS) is 29.5. The number of hydrogen-bond donors (Lipinski definition) is 0. The van der Waals surface area contributed by atoms with Gasteiger partial charge < -0.3 is 9.47 Å². The zero-order valence-electron chi connectivity index (χ0n) is 5.34. The lowest BCUT2D eigenvalue weighted by Crippen LogP contribution is -2.10. The first-order chi connectivity index (χ1) is 4.88. The fraction of sp³-hybridized carbons (Fsp3) is 0.429. The molecule has 1 fully saturated rings. The number of allylic oxidation sites excluding steroid dienone is 2. The van der Waals surface area contributed by atoms with Gasteiger partial charge in [0.25, 0.3) is 0 Å². The summed E-state index contributed by atoms with van der Waals surface area (Å²) in [5.41, 5.74) is 0. The van der Waals surface area contributed by atoms with E-state index in [4.69, 9.17) is 9.47 Å². The molecule has 0 saturated carbocycles. The third kappa shape index (κ3) is 0.850. The van der Waals surface area contributed by atoms with Gasteiger partial charge in [-0.1, -0.05) is 0 Å². The van der Waals surface area contributed by atoms with Crippen molar-refractivity contribution in [1.29, 1.82) is 0 Å². The van der Waals surface area contributed by atoms with E-state index in [0.717, 1.165) is 23.3 Å². The molecule has 54 valence electrons. The van der Waals surface area contributed by atoms with Crippen LogP contribution in [-0.2, 0) is 9.47 Å². The molecule has 10 heavy (non-hydrogen) atoms. The van der Waals surface area contributed by atoms with Crippen LogP contribution in [0.25, 0.3) is 0 Å². The van der Waals surface area contributed by atoms with Crippen LogP contribution >= 0.6 is 15.9 Å². The molecular formula is C7H7BrO2. The van der Waals surface area contributed by atoms with Crippen molar-refractivity contribution in [3.05, 3.63) is 22.6 Å². The number of ether oxygens (including phenoxy) is 2. The van der Waals surface area contributed by atoms with Crippen molar-refractivity contribution in [3.8, 4) is 0 Å². The topological polar surface area (TPSA) is 18.5 Å². The molecule has 2 aliphatic rings. The quantitative estimate of drug-likeness (QED) is 0.598. The first-order valence-electron chi connectivity index (χ1n) is 3.22. The summed E-state index contributed by atoms with van der Waals surface area (Å²) in [6.45, 7) is 0.775. The van der Waals surface area contributed by atoms with Gasteiger partial charge in [-0.05, 0) is 22.0 Å². The van der Waals surface area contributed by atoms with E-state index >= 15 is 0 Å². The lowest BCUT2D eigenvalue weighted by molar-refractivity contribution is 0.158. The highest BCUT2D eigenvalue weighted by Gasteiger charge is 2.27. The Hall–Kier alpha value is -0.440. The Kier molecular flexibility index (Phi) is 1.45. The largest absolute Gasteiger partial charge is 0.493 e. The molecule has 0 amide bonds. The minimum atomic E-state index is 0.166. The molecule has 2 aliphatic heterocycles. The summed E-state index contributed by atoms with van der Waals surface area (Å²) in [7, 11) is 0. The molecule has 0 radical (unpaired) electrons. The molecule has 1 saturated heterocycles. The van der Waals surface area contributed by atoms with Gasteiger partial charge in [0.05, 0.1) is 17.4 Å². The van der Waals surface area contributed by atoms with Crippen LogP contribution in [0.3, 0.4) is 0 Å². The Morgan fingerprint density at radius 2 is 2.50 bits per heavy atom. The first kappa shape index (κ1) is 6.28. The minimum Gasteiger partial charge on any atom is -0.493 e. The molecule has 0 aliphatic carbocycles. The van der Waals surface area contributed by atoms with E-state index < -0.39 is 0 Å². The van der Waals surface area contributed by atoms with Crippen LogP contribution in [0, 0.1) is 0 Å². The third-order valence-electron chi connectivity index (χ3n) is 1.62. The smallest absolute Gasteiger partial charge is 0.159 e. The van der Waals surface area contributed by atoms with Crippen LogP contribution in [0.15, 0.2) is 22.6 Å². The van der Waals surface area contributed by atoms with E-state index in [9.17, 15) is 0 Å². The second kappa shape index (κ2) is 2.31. The van der Waals surface area contributed by atoms with Crippen LogP contribution in [0.1, 0.15) is 6.42 Å². The van der Waals surface area contributed by atoms with Gasteiger partial charge in [0.2, 0.25) is 0 Å². The van der Waals surface area contributed by atoms with E-state index in [2.05, 4.69) is 15.9 Å². The van der Waals surface area contributed by atoms with Gasteiger partial charge >= 0.3 is 0 Å². The molecule has 0 spiro atoms. The summed E-state index contributed by atoms with van der Waals surface area (Å²) >= 11 is 3.38. The fourth-order valence-electron chi connectivity index (χ4n) is 1.13. The van der Waals surface area contributed by atoms with Gasteiger partial charge in [-0.15, -0.1) is 0 Å². The zero-order valence-corrected chi connectivity index (χ0v) is 6.93. The second-order valence-corrected chi connectivity index (χ2v) is 3.13. The van der Waals surface area contributed by atoms with Crippen molar-refractivity contribution in [1.82, 2.24) is 0 Å². The van der Waals surface area contributed by atoms with Crippen molar-refractivity contribution >= 4 is 15.9 Å². The molecule has 0 aromatic heterocycles. The van der Waals surface area contributed by atoms with E-state index in [1.165, 1.54) is 0 Å². The van der Waals surface area contributed by atoms with Crippen molar-refractivity contribution in [3.63, 3.8) is 0 Å². The lowest BCUT2D eigenvalue weighted by Gasteiger charge is -2.14. The lowest BCUT2D eigenvalue weighted by atomic mass is 10.2. The Labute approximate surface area is 67.6 Å². The summed E-state index contributed by atoms with van der Waals surface area (Å²) in [5.74, 6) is 0.947. The minimum absolute atomic E-state index is 0.166. The van der Waals surface area contributed by atoms with Crippen LogP contribution in [0.2, 0.25) is 0 Å². The second-order valence-electron chi connectivity index (χ2n) is 2.28. The maximum absolute atomic E-state index is 5.33. The monoisotopic (exact) mass is 202 g/mol. The van der Waals surface area contributed by atoms with Crippen LogP contribution in [0.4, 0.5) is 0 Å². The Morgan fingerprint density at radius 3 is 3.30 bits per heavy atom. The van der Waals surface area contributed by atoms with Gasteiger partial charge in [0.1, 0.15) is 0 Å². The van der Waals surface area contributed by atoms with Crippen molar-refractivity contribution in [2.45, 2.75) is 12.5 Å². The molecule has 0 aromatic carbocycles.